The molecule has 0 aliphatic heterocycles. The molecule has 2 amide bonds. The fourth-order valence-corrected chi connectivity index (χ4v) is 1.95. The summed E-state index contributed by atoms with van der Waals surface area (Å²) in [4.78, 5) is 23.5. The molecule has 0 fully saturated rings. The average Bonchev–Trinajstić information content (AvgIpc) is 2.58. The SMILES string of the molecule is COc1ccc(CCC(=O)NNC(=O)c2ccccc2F)cc1. The quantitative estimate of drug-likeness (QED) is 0.831. The number of ether oxygens (including phenoxy) is 1. The molecule has 0 aliphatic rings. The normalized spacial score (nSPS) is 10.0. The molecule has 0 aliphatic carbocycles. The number of aryl methyl sites for hydroxylation is 1. The maximum Gasteiger partial charge on any atom is 0.272 e. The van der Waals surface area contributed by atoms with Crippen molar-refractivity contribution in [1.29, 1.82) is 0 Å². The standard InChI is InChI=1S/C17H17FN2O3/c1-23-13-9-6-12(7-10-13)8-11-16(21)19-20-17(22)14-4-2-3-5-15(14)18/h2-7,9-10H,8,11H2,1H3,(H,19,21)(H,20,22). The van der Waals surface area contributed by atoms with Crippen LogP contribution in [0.5, 0.6) is 5.75 Å². The molecule has 0 radical (unpaired) electrons. The zero-order valence-electron chi connectivity index (χ0n) is 12.6. The number of halogens is 1. The first-order chi connectivity index (χ1) is 11.1. The van der Waals surface area contributed by atoms with Crippen molar-refractivity contribution in [1.82, 2.24) is 10.9 Å². The van der Waals surface area contributed by atoms with Crippen molar-refractivity contribution in [2.75, 3.05) is 7.11 Å². The highest BCUT2D eigenvalue weighted by molar-refractivity contribution is 5.95. The second kappa shape index (κ2) is 7.93. The molecule has 0 atom stereocenters. The second-order valence-corrected chi connectivity index (χ2v) is 4.83. The number of nitrogens with one attached hydrogen (secondary N) is 2. The number of benzene rings is 2. The van der Waals surface area contributed by atoms with Crippen LogP contribution in [0.25, 0.3) is 0 Å². The van der Waals surface area contributed by atoms with Gasteiger partial charge in [-0.1, -0.05) is 24.3 Å². The van der Waals surface area contributed by atoms with Gasteiger partial charge in [0, 0.05) is 6.42 Å². The van der Waals surface area contributed by atoms with E-state index in [9.17, 15) is 14.0 Å². The van der Waals surface area contributed by atoms with Crippen LogP contribution in [0.1, 0.15) is 22.3 Å². The zero-order valence-corrected chi connectivity index (χ0v) is 12.6. The Balaban J connectivity index is 1.78. The minimum Gasteiger partial charge on any atom is -0.497 e. The molecule has 2 aromatic carbocycles. The molecule has 2 rings (SSSR count). The Labute approximate surface area is 133 Å². The molecule has 0 unspecified atom stereocenters. The highest BCUT2D eigenvalue weighted by atomic mass is 19.1. The maximum absolute atomic E-state index is 13.4. The van der Waals surface area contributed by atoms with Gasteiger partial charge in [0.2, 0.25) is 5.91 Å². The summed E-state index contributed by atoms with van der Waals surface area (Å²) < 4.78 is 18.5. The van der Waals surface area contributed by atoms with E-state index in [4.69, 9.17) is 4.74 Å². The van der Waals surface area contributed by atoms with Crippen molar-refractivity contribution in [2.24, 2.45) is 0 Å². The lowest BCUT2D eigenvalue weighted by Crippen LogP contribution is -2.42. The third-order valence-electron chi connectivity index (χ3n) is 3.23. The van der Waals surface area contributed by atoms with Crippen molar-refractivity contribution in [3.8, 4) is 5.75 Å². The molecule has 120 valence electrons. The molecule has 5 nitrogen and oxygen atoms in total. The topological polar surface area (TPSA) is 67.4 Å². The van der Waals surface area contributed by atoms with Gasteiger partial charge in [0.05, 0.1) is 12.7 Å². The third kappa shape index (κ3) is 4.81. The smallest absolute Gasteiger partial charge is 0.272 e. The minimum absolute atomic E-state index is 0.122. The van der Waals surface area contributed by atoms with Gasteiger partial charge in [0.25, 0.3) is 5.91 Å². The molecule has 0 bridgehead atoms. The van der Waals surface area contributed by atoms with E-state index < -0.39 is 11.7 Å². The number of rotatable bonds is 5. The molecule has 0 saturated heterocycles. The molecule has 2 aromatic rings. The molecule has 0 aromatic heterocycles. The van der Waals surface area contributed by atoms with Crippen molar-refractivity contribution < 1.29 is 18.7 Å². The molecule has 0 heterocycles. The van der Waals surface area contributed by atoms with Crippen molar-refractivity contribution in [3.63, 3.8) is 0 Å². The average molecular weight is 316 g/mol. The lowest BCUT2D eigenvalue weighted by molar-refractivity contribution is -0.121. The molecule has 23 heavy (non-hydrogen) atoms. The Morgan fingerprint density at radius 2 is 1.74 bits per heavy atom. The minimum atomic E-state index is -0.694. The number of amides is 2. The predicted molar refractivity (Wildman–Crippen MR) is 83.3 cm³/mol. The number of carbonyl (C=O) groups excluding carboxylic acids is 2. The van der Waals surface area contributed by atoms with Crippen LogP contribution >= 0.6 is 0 Å². The lowest BCUT2D eigenvalue weighted by atomic mass is 10.1. The third-order valence-corrected chi connectivity index (χ3v) is 3.23. The Bertz CT molecular complexity index is 686. The van der Waals surface area contributed by atoms with Crippen molar-refractivity contribution >= 4 is 11.8 Å². The number of carbonyl (C=O) groups is 2. The first kappa shape index (κ1) is 16.5. The van der Waals surface area contributed by atoms with Gasteiger partial charge in [-0.15, -0.1) is 0 Å². The van der Waals surface area contributed by atoms with Crippen LogP contribution in [-0.4, -0.2) is 18.9 Å². The van der Waals surface area contributed by atoms with Crippen LogP contribution in [0, 0.1) is 5.82 Å². The summed E-state index contributed by atoms with van der Waals surface area (Å²) in [5.74, 6) is -0.945. The Hall–Kier alpha value is -2.89. The summed E-state index contributed by atoms with van der Waals surface area (Å²) in [6, 6.07) is 12.9. The fourth-order valence-electron chi connectivity index (χ4n) is 1.95. The molecule has 6 heteroatoms. The van der Waals surface area contributed by atoms with Gasteiger partial charge >= 0.3 is 0 Å². The monoisotopic (exact) mass is 316 g/mol. The molecular formula is C17H17FN2O3. The summed E-state index contributed by atoms with van der Waals surface area (Å²) >= 11 is 0. The highest BCUT2D eigenvalue weighted by Gasteiger charge is 2.11. The van der Waals surface area contributed by atoms with Crippen LogP contribution in [0.15, 0.2) is 48.5 Å². The highest BCUT2D eigenvalue weighted by Crippen LogP contribution is 2.12. The Morgan fingerprint density at radius 3 is 2.39 bits per heavy atom. The summed E-state index contributed by atoms with van der Waals surface area (Å²) in [6.45, 7) is 0. The van der Waals surface area contributed by atoms with Crippen molar-refractivity contribution in [2.45, 2.75) is 12.8 Å². The van der Waals surface area contributed by atoms with Gasteiger partial charge in [-0.25, -0.2) is 4.39 Å². The van der Waals surface area contributed by atoms with Gasteiger partial charge < -0.3 is 4.74 Å². The summed E-state index contributed by atoms with van der Waals surface area (Å²) in [6.07, 6.45) is 0.718. The van der Waals surface area contributed by atoms with Crippen LogP contribution in [-0.2, 0) is 11.2 Å². The van der Waals surface area contributed by atoms with E-state index in [1.54, 1.807) is 13.2 Å². The summed E-state index contributed by atoms with van der Waals surface area (Å²) in [7, 11) is 1.58. The van der Waals surface area contributed by atoms with Crippen LogP contribution in [0.3, 0.4) is 0 Å². The number of hydrogen-bond donors (Lipinski definition) is 2. The van der Waals surface area contributed by atoms with Gasteiger partial charge in [0.1, 0.15) is 11.6 Å². The Morgan fingerprint density at radius 1 is 1.04 bits per heavy atom. The number of methoxy groups -OCH3 is 1. The van der Waals surface area contributed by atoms with Crippen LogP contribution in [0.2, 0.25) is 0 Å². The van der Waals surface area contributed by atoms with E-state index in [1.807, 2.05) is 24.3 Å². The van der Waals surface area contributed by atoms with Gasteiger partial charge in [-0.2, -0.15) is 0 Å². The largest absolute Gasteiger partial charge is 0.497 e. The molecule has 2 N–H and O–H groups in total. The van der Waals surface area contributed by atoms with E-state index >= 15 is 0 Å². The first-order valence-electron chi connectivity index (χ1n) is 7.07. The second-order valence-electron chi connectivity index (χ2n) is 4.83. The van der Waals surface area contributed by atoms with E-state index in [0.29, 0.717) is 6.42 Å². The van der Waals surface area contributed by atoms with Gasteiger partial charge in [-0.05, 0) is 36.2 Å². The maximum atomic E-state index is 13.4. The van der Waals surface area contributed by atoms with E-state index in [2.05, 4.69) is 10.9 Å². The number of hydrazine groups is 1. The Kier molecular flexibility index (Phi) is 5.68. The zero-order chi connectivity index (χ0) is 16.7. The van der Waals surface area contributed by atoms with E-state index in [1.165, 1.54) is 18.2 Å². The summed E-state index contributed by atoms with van der Waals surface area (Å²) in [5.41, 5.74) is 5.32. The van der Waals surface area contributed by atoms with Crippen LogP contribution < -0.4 is 15.6 Å². The van der Waals surface area contributed by atoms with Gasteiger partial charge in [-0.3, -0.25) is 20.4 Å². The van der Waals surface area contributed by atoms with Gasteiger partial charge in [0.15, 0.2) is 0 Å². The molecular weight excluding hydrogens is 299 g/mol. The van der Waals surface area contributed by atoms with Crippen LogP contribution in [0.4, 0.5) is 4.39 Å². The predicted octanol–water partition coefficient (Wildman–Crippen LogP) is 2.23. The van der Waals surface area contributed by atoms with Crippen molar-refractivity contribution in [3.05, 3.63) is 65.5 Å². The molecule has 0 spiro atoms. The van der Waals surface area contributed by atoms with E-state index in [0.717, 1.165) is 11.3 Å². The summed E-state index contributed by atoms with van der Waals surface area (Å²) in [5, 5.41) is 0. The molecule has 0 saturated carbocycles. The lowest BCUT2D eigenvalue weighted by Gasteiger charge is -2.08. The van der Waals surface area contributed by atoms with E-state index in [-0.39, 0.29) is 17.9 Å². The first-order valence-corrected chi connectivity index (χ1v) is 7.07. The fraction of sp³-hybridized carbons (Fsp3) is 0.176. The number of hydrogen-bond acceptors (Lipinski definition) is 3.